The molecule has 2 aromatic carbocycles. The number of rotatable bonds is 6. The van der Waals surface area contributed by atoms with Crippen LogP contribution in [0.3, 0.4) is 0 Å². The highest BCUT2D eigenvalue weighted by Gasteiger charge is 2.13. The maximum atomic E-state index is 13.5. The number of carbonyl (C=O) groups excluding carboxylic acids is 1. The van der Waals surface area contributed by atoms with Gasteiger partial charge < -0.3 is 5.32 Å². The number of pyridine rings is 1. The average Bonchev–Trinajstić information content (AvgIpc) is 3.10. The summed E-state index contributed by atoms with van der Waals surface area (Å²) in [6.07, 6.45) is 1.75. The zero-order valence-electron chi connectivity index (χ0n) is 15.8. The molecule has 0 bridgehead atoms. The monoisotopic (exact) mass is 406 g/mol. The van der Waals surface area contributed by atoms with Crippen LogP contribution in [0.5, 0.6) is 0 Å². The third-order valence-corrected chi connectivity index (χ3v) is 5.56. The fraction of sp³-hybridized carbons (Fsp3) is 0.136. The Morgan fingerprint density at radius 1 is 1.10 bits per heavy atom. The topological polar surface area (TPSA) is 59.8 Å². The van der Waals surface area contributed by atoms with E-state index < -0.39 is 0 Å². The number of aromatic nitrogens is 3. The Bertz CT molecular complexity index is 1160. The van der Waals surface area contributed by atoms with Gasteiger partial charge in [-0.15, -0.1) is 0 Å². The van der Waals surface area contributed by atoms with E-state index in [1.54, 1.807) is 43.2 Å². The van der Waals surface area contributed by atoms with E-state index in [9.17, 15) is 9.18 Å². The van der Waals surface area contributed by atoms with Gasteiger partial charge in [0.25, 0.3) is 5.91 Å². The minimum atomic E-state index is -0.241. The summed E-state index contributed by atoms with van der Waals surface area (Å²) in [6, 6.07) is 17.9. The third-order valence-electron chi connectivity index (χ3n) is 4.51. The lowest BCUT2D eigenvalue weighted by Crippen LogP contribution is -2.17. The van der Waals surface area contributed by atoms with Gasteiger partial charge in [0.1, 0.15) is 11.3 Å². The predicted octanol–water partition coefficient (Wildman–Crippen LogP) is 4.27. The number of fused-ring (bicyclic) bond motifs is 1. The molecule has 0 radical (unpaired) electrons. The van der Waals surface area contributed by atoms with Crippen LogP contribution in [0.25, 0.3) is 11.2 Å². The second-order valence-corrected chi connectivity index (χ2v) is 7.46. The molecule has 7 heteroatoms. The zero-order chi connectivity index (χ0) is 20.2. The number of nitrogens with one attached hydrogen (secondary N) is 1. The molecular formula is C22H19FN4OS. The molecule has 0 atom stereocenters. The van der Waals surface area contributed by atoms with Crippen molar-refractivity contribution < 1.29 is 9.18 Å². The van der Waals surface area contributed by atoms with Gasteiger partial charge in [0.05, 0.1) is 6.54 Å². The van der Waals surface area contributed by atoms with Gasteiger partial charge in [0.2, 0.25) is 0 Å². The average molecular weight is 406 g/mol. The van der Waals surface area contributed by atoms with Crippen LogP contribution < -0.4 is 5.32 Å². The van der Waals surface area contributed by atoms with E-state index in [-0.39, 0.29) is 11.7 Å². The number of carbonyl (C=O) groups is 1. The van der Waals surface area contributed by atoms with Crippen molar-refractivity contribution in [2.75, 3.05) is 7.05 Å². The van der Waals surface area contributed by atoms with E-state index in [4.69, 9.17) is 4.98 Å². The molecule has 0 spiro atoms. The quantitative estimate of drug-likeness (QED) is 0.486. The van der Waals surface area contributed by atoms with Crippen LogP contribution in [-0.4, -0.2) is 27.5 Å². The van der Waals surface area contributed by atoms with Crippen LogP contribution in [-0.2, 0) is 12.3 Å². The number of hydrogen-bond acceptors (Lipinski definition) is 4. The Kier molecular flexibility index (Phi) is 5.57. The van der Waals surface area contributed by atoms with Crippen molar-refractivity contribution in [3.8, 4) is 0 Å². The Hall–Kier alpha value is -3.19. The molecule has 146 valence electrons. The van der Waals surface area contributed by atoms with Crippen molar-refractivity contribution in [3.63, 3.8) is 0 Å². The first-order valence-electron chi connectivity index (χ1n) is 9.13. The fourth-order valence-corrected chi connectivity index (χ4v) is 4.00. The SMILES string of the molecule is CNC(=O)c1ccc(Cn2c(SCc3cccc(F)c3)nc3cccnc32)cc1. The van der Waals surface area contributed by atoms with Crippen LogP contribution in [0.15, 0.2) is 72.0 Å². The molecule has 0 aliphatic carbocycles. The van der Waals surface area contributed by atoms with Gasteiger partial charge in [-0.25, -0.2) is 14.4 Å². The molecule has 0 fully saturated rings. The maximum Gasteiger partial charge on any atom is 0.251 e. The van der Waals surface area contributed by atoms with E-state index in [0.29, 0.717) is 17.9 Å². The molecule has 4 rings (SSSR count). The molecule has 5 nitrogen and oxygen atoms in total. The van der Waals surface area contributed by atoms with Crippen LogP contribution in [0.2, 0.25) is 0 Å². The van der Waals surface area contributed by atoms with Gasteiger partial charge in [-0.05, 0) is 47.5 Å². The number of imidazole rings is 1. The van der Waals surface area contributed by atoms with Gasteiger partial charge in [-0.2, -0.15) is 0 Å². The highest BCUT2D eigenvalue weighted by molar-refractivity contribution is 7.98. The summed E-state index contributed by atoms with van der Waals surface area (Å²) < 4.78 is 15.5. The second kappa shape index (κ2) is 8.45. The Morgan fingerprint density at radius 3 is 2.69 bits per heavy atom. The fourth-order valence-electron chi connectivity index (χ4n) is 3.05. The molecule has 0 aliphatic heterocycles. The minimum Gasteiger partial charge on any atom is -0.355 e. The van der Waals surface area contributed by atoms with Gasteiger partial charge in [-0.3, -0.25) is 9.36 Å². The summed E-state index contributed by atoms with van der Waals surface area (Å²) in [6.45, 7) is 0.576. The van der Waals surface area contributed by atoms with E-state index in [2.05, 4.69) is 10.3 Å². The van der Waals surface area contributed by atoms with Gasteiger partial charge >= 0.3 is 0 Å². The van der Waals surface area contributed by atoms with Crippen molar-refractivity contribution >= 4 is 28.8 Å². The number of halogens is 1. The lowest BCUT2D eigenvalue weighted by atomic mass is 10.1. The van der Waals surface area contributed by atoms with E-state index in [1.807, 2.05) is 34.9 Å². The number of hydrogen-bond donors (Lipinski definition) is 1. The molecule has 0 saturated heterocycles. The van der Waals surface area contributed by atoms with Crippen molar-refractivity contribution in [3.05, 3.63) is 89.4 Å². The molecule has 4 aromatic rings. The predicted molar refractivity (Wildman–Crippen MR) is 112 cm³/mol. The smallest absolute Gasteiger partial charge is 0.251 e. The molecular weight excluding hydrogens is 387 g/mol. The van der Waals surface area contributed by atoms with Crippen LogP contribution in [0.4, 0.5) is 4.39 Å². The second-order valence-electron chi connectivity index (χ2n) is 6.52. The molecule has 0 saturated carbocycles. The van der Waals surface area contributed by atoms with Gasteiger partial charge in [-0.1, -0.05) is 36.0 Å². The van der Waals surface area contributed by atoms with E-state index >= 15 is 0 Å². The van der Waals surface area contributed by atoms with E-state index in [0.717, 1.165) is 27.4 Å². The summed E-state index contributed by atoms with van der Waals surface area (Å²) in [5.41, 5.74) is 4.16. The summed E-state index contributed by atoms with van der Waals surface area (Å²) in [5, 5.41) is 3.44. The van der Waals surface area contributed by atoms with Crippen molar-refractivity contribution in [2.45, 2.75) is 17.5 Å². The molecule has 1 amide bonds. The lowest BCUT2D eigenvalue weighted by Gasteiger charge is -2.09. The summed E-state index contributed by atoms with van der Waals surface area (Å²) >= 11 is 1.55. The number of nitrogens with zero attached hydrogens (tertiary/aromatic N) is 3. The Morgan fingerprint density at radius 2 is 1.93 bits per heavy atom. The number of thioether (sulfide) groups is 1. The zero-order valence-corrected chi connectivity index (χ0v) is 16.6. The van der Waals surface area contributed by atoms with Crippen LogP contribution >= 0.6 is 11.8 Å². The largest absolute Gasteiger partial charge is 0.355 e. The summed E-state index contributed by atoms with van der Waals surface area (Å²) in [5.74, 6) is 0.253. The van der Waals surface area contributed by atoms with Gasteiger partial charge in [0, 0.05) is 24.6 Å². The van der Waals surface area contributed by atoms with Gasteiger partial charge in [0.15, 0.2) is 10.8 Å². The highest BCUT2D eigenvalue weighted by Crippen LogP contribution is 2.27. The summed E-state index contributed by atoms with van der Waals surface area (Å²) in [7, 11) is 1.61. The summed E-state index contributed by atoms with van der Waals surface area (Å²) in [4.78, 5) is 20.9. The lowest BCUT2D eigenvalue weighted by molar-refractivity contribution is 0.0963. The van der Waals surface area contributed by atoms with Crippen molar-refractivity contribution in [1.82, 2.24) is 19.9 Å². The first kappa shape index (κ1) is 19.1. The minimum absolute atomic E-state index is 0.113. The number of amides is 1. The van der Waals surface area contributed by atoms with Crippen molar-refractivity contribution in [1.29, 1.82) is 0 Å². The molecule has 29 heavy (non-hydrogen) atoms. The maximum absolute atomic E-state index is 13.5. The molecule has 0 aliphatic rings. The molecule has 0 unspecified atom stereocenters. The Balaban J connectivity index is 1.62. The Labute approximate surface area is 172 Å². The van der Waals surface area contributed by atoms with Crippen LogP contribution in [0.1, 0.15) is 21.5 Å². The third kappa shape index (κ3) is 4.30. The first-order chi connectivity index (χ1) is 14.1. The first-order valence-corrected chi connectivity index (χ1v) is 10.1. The number of benzene rings is 2. The molecule has 2 aromatic heterocycles. The molecule has 2 heterocycles. The normalized spacial score (nSPS) is 11.0. The standard InChI is InChI=1S/C22H19FN4OS/c1-24-21(28)17-9-7-15(8-10-17)13-27-20-19(6-3-11-25-20)26-22(27)29-14-16-4-2-5-18(23)12-16/h2-12H,13-14H2,1H3,(H,24,28). The highest BCUT2D eigenvalue weighted by atomic mass is 32.2. The van der Waals surface area contributed by atoms with Crippen LogP contribution in [0, 0.1) is 5.82 Å². The molecule has 1 N–H and O–H groups in total. The van der Waals surface area contributed by atoms with E-state index in [1.165, 1.54) is 12.1 Å². The van der Waals surface area contributed by atoms with Crippen molar-refractivity contribution in [2.24, 2.45) is 0 Å².